The molecular weight excluding hydrogens is 297 g/mol. The van der Waals surface area contributed by atoms with Crippen LogP contribution in [0, 0.1) is 5.82 Å². The molecule has 1 heterocycles. The zero-order valence-electron chi connectivity index (χ0n) is 13.2. The van der Waals surface area contributed by atoms with Crippen molar-refractivity contribution in [1.29, 1.82) is 0 Å². The Kier molecular flexibility index (Phi) is 6.05. The molecule has 0 atom stereocenters. The van der Waals surface area contributed by atoms with Crippen molar-refractivity contribution in [2.75, 3.05) is 0 Å². The maximum Gasteiger partial charge on any atom is 0.230 e. The summed E-state index contributed by atoms with van der Waals surface area (Å²) in [7, 11) is 0. The van der Waals surface area contributed by atoms with E-state index in [-0.39, 0.29) is 17.7 Å². The van der Waals surface area contributed by atoms with Gasteiger partial charge in [0, 0.05) is 6.20 Å². The van der Waals surface area contributed by atoms with Gasteiger partial charge in [0.2, 0.25) is 5.88 Å². The van der Waals surface area contributed by atoms with Gasteiger partial charge in [-0.1, -0.05) is 13.8 Å². The fourth-order valence-corrected chi connectivity index (χ4v) is 2.08. The number of ether oxygens (including phenoxy) is 1. The van der Waals surface area contributed by atoms with E-state index >= 15 is 0 Å². The van der Waals surface area contributed by atoms with Gasteiger partial charge >= 0.3 is 0 Å². The maximum absolute atomic E-state index is 13.0. The Morgan fingerprint density at radius 2 is 1.96 bits per heavy atom. The largest absolute Gasteiger partial charge is 0.438 e. The number of pyridine rings is 1. The monoisotopic (exact) mass is 317 g/mol. The standard InChI is InChI=1S/C17H20FN3O2/c1-3-13(4-2)20-16(21-22)15-6-5-11-19-17(15)23-14-9-7-12(18)8-10-14/h5-11,13,22H,3-4H2,1-2H3,(H,20,21). The van der Waals surface area contributed by atoms with Crippen molar-refractivity contribution in [3.05, 3.63) is 54.0 Å². The number of rotatable bonds is 6. The summed E-state index contributed by atoms with van der Waals surface area (Å²) in [5, 5.41) is 9.43. The highest BCUT2D eigenvalue weighted by Gasteiger charge is 2.14. The zero-order valence-corrected chi connectivity index (χ0v) is 13.2. The van der Waals surface area contributed by atoms with Gasteiger partial charge in [0.05, 0.1) is 11.6 Å². The molecule has 0 bridgehead atoms. The number of amidine groups is 1. The summed E-state index contributed by atoms with van der Waals surface area (Å²) in [6, 6.07) is 9.20. The molecule has 0 aliphatic carbocycles. The molecule has 0 fully saturated rings. The molecule has 6 heteroatoms. The molecule has 2 aromatic rings. The van der Waals surface area contributed by atoms with E-state index in [1.54, 1.807) is 18.3 Å². The number of hydrogen-bond donors (Lipinski definition) is 2. The van der Waals surface area contributed by atoms with Crippen LogP contribution in [0.5, 0.6) is 11.6 Å². The lowest BCUT2D eigenvalue weighted by molar-refractivity contribution is 0.233. The third kappa shape index (κ3) is 4.50. The summed E-state index contributed by atoms with van der Waals surface area (Å²) < 4.78 is 18.7. The van der Waals surface area contributed by atoms with Crippen LogP contribution in [0.1, 0.15) is 32.3 Å². The number of hydroxylamine groups is 1. The van der Waals surface area contributed by atoms with Crippen LogP contribution in [0.2, 0.25) is 0 Å². The quantitative estimate of drug-likeness (QED) is 0.481. The van der Waals surface area contributed by atoms with Crippen LogP contribution in [0.25, 0.3) is 0 Å². The molecule has 0 spiro atoms. The second-order valence-electron chi connectivity index (χ2n) is 4.97. The third-order valence-electron chi connectivity index (χ3n) is 3.41. The Bertz CT molecular complexity index is 655. The summed E-state index contributed by atoms with van der Waals surface area (Å²) >= 11 is 0. The highest BCUT2D eigenvalue weighted by molar-refractivity contribution is 6.00. The average molecular weight is 317 g/mol. The van der Waals surface area contributed by atoms with E-state index in [1.807, 2.05) is 13.8 Å². The summed E-state index contributed by atoms with van der Waals surface area (Å²) in [4.78, 5) is 8.67. The van der Waals surface area contributed by atoms with Crippen LogP contribution in [-0.2, 0) is 0 Å². The lowest BCUT2D eigenvalue weighted by Gasteiger charge is -2.14. The second-order valence-corrected chi connectivity index (χ2v) is 4.97. The molecular formula is C17H20FN3O2. The van der Waals surface area contributed by atoms with Gasteiger partial charge in [-0.2, -0.15) is 0 Å². The van der Waals surface area contributed by atoms with Gasteiger partial charge in [0.1, 0.15) is 11.6 Å². The van der Waals surface area contributed by atoms with Crippen LogP contribution >= 0.6 is 0 Å². The van der Waals surface area contributed by atoms with Crippen molar-refractivity contribution in [2.45, 2.75) is 32.7 Å². The van der Waals surface area contributed by atoms with E-state index in [0.717, 1.165) is 12.8 Å². The van der Waals surface area contributed by atoms with Crippen LogP contribution in [0.3, 0.4) is 0 Å². The highest BCUT2D eigenvalue weighted by Crippen LogP contribution is 2.23. The van der Waals surface area contributed by atoms with Gasteiger partial charge in [0.25, 0.3) is 0 Å². The molecule has 2 rings (SSSR count). The molecule has 0 saturated heterocycles. The van der Waals surface area contributed by atoms with Crippen LogP contribution in [0.15, 0.2) is 47.6 Å². The molecule has 0 aliphatic heterocycles. The van der Waals surface area contributed by atoms with Crippen molar-refractivity contribution >= 4 is 5.84 Å². The van der Waals surface area contributed by atoms with Crippen molar-refractivity contribution < 1.29 is 14.3 Å². The predicted molar refractivity (Wildman–Crippen MR) is 86.5 cm³/mol. The molecule has 0 radical (unpaired) electrons. The smallest absolute Gasteiger partial charge is 0.230 e. The number of aliphatic imine (C=N–C) groups is 1. The molecule has 0 amide bonds. The van der Waals surface area contributed by atoms with E-state index < -0.39 is 0 Å². The minimum absolute atomic E-state index is 0.0866. The number of hydrogen-bond acceptors (Lipinski definition) is 4. The topological polar surface area (TPSA) is 66.7 Å². The Morgan fingerprint density at radius 3 is 2.57 bits per heavy atom. The molecule has 1 aromatic carbocycles. The Balaban J connectivity index is 2.33. The summed E-state index contributed by atoms with van der Waals surface area (Å²) in [6.07, 6.45) is 3.29. The van der Waals surface area contributed by atoms with E-state index in [2.05, 4.69) is 15.5 Å². The van der Waals surface area contributed by atoms with Gasteiger partial charge in [-0.15, -0.1) is 0 Å². The van der Waals surface area contributed by atoms with Gasteiger partial charge in [0.15, 0.2) is 5.84 Å². The molecule has 0 unspecified atom stereocenters. The first kappa shape index (κ1) is 16.9. The fourth-order valence-electron chi connectivity index (χ4n) is 2.08. The molecule has 122 valence electrons. The number of benzene rings is 1. The fraction of sp³-hybridized carbons (Fsp3) is 0.294. The van der Waals surface area contributed by atoms with Crippen molar-refractivity contribution in [2.24, 2.45) is 4.99 Å². The summed E-state index contributed by atoms with van der Waals surface area (Å²) in [5.74, 6) is 0.687. The lowest BCUT2D eigenvalue weighted by Crippen LogP contribution is -2.23. The summed E-state index contributed by atoms with van der Waals surface area (Å²) in [5.41, 5.74) is 2.66. The van der Waals surface area contributed by atoms with Crippen molar-refractivity contribution in [3.8, 4) is 11.6 Å². The van der Waals surface area contributed by atoms with Gasteiger partial charge < -0.3 is 4.74 Å². The average Bonchev–Trinajstić information content (AvgIpc) is 2.59. The lowest BCUT2D eigenvalue weighted by atomic mass is 10.1. The van der Waals surface area contributed by atoms with Crippen LogP contribution < -0.4 is 10.2 Å². The van der Waals surface area contributed by atoms with Crippen LogP contribution in [-0.4, -0.2) is 22.1 Å². The molecule has 23 heavy (non-hydrogen) atoms. The molecule has 5 nitrogen and oxygen atoms in total. The SMILES string of the molecule is CCC(CC)N=C(NO)c1cccnc1Oc1ccc(F)cc1. The summed E-state index contributed by atoms with van der Waals surface area (Å²) in [6.45, 7) is 4.07. The second kappa shape index (κ2) is 8.24. The number of aromatic nitrogens is 1. The van der Waals surface area contributed by atoms with E-state index in [4.69, 9.17) is 4.74 Å². The normalized spacial score (nSPS) is 11.6. The maximum atomic E-state index is 13.0. The zero-order chi connectivity index (χ0) is 16.7. The first-order chi connectivity index (χ1) is 11.2. The predicted octanol–water partition coefficient (Wildman–Crippen LogP) is 3.93. The first-order valence-corrected chi connectivity index (χ1v) is 7.54. The first-order valence-electron chi connectivity index (χ1n) is 7.54. The number of nitrogens with one attached hydrogen (secondary N) is 1. The van der Waals surface area contributed by atoms with E-state index in [1.165, 1.54) is 24.3 Å². The number of halogens is 1. The molecule has 2 N–H and O–H groups in total. The molecule has 0 aliphatic rings. The third-order valence-corrected chi connectivity index (χ3v) is 3.41. The Morgan fingerprint density at radius 1 is 1.26 bits per heavy atom. The van der Waals surface area contributed by atoms with E-state index in [9.17, 15) is 9.60 Å². The van der Waals surface area contributed by atoms with Gasteiger partial charge in [-0.25, -0.2) is 9.37 Å². The van der Waals surface area contributed by atoms with Gasteiger partial charge in [-0.3, -0.25) is 15.7 Å². The van der Waals surface area contributed by atoms with E-state index in [0.29, 0.717) is 17.1 Å². The molecule has 0 saturated carbocycles. The number of nitrogens with zero attached hydrogens (tertiary/aromatic N) is 2. The Hall–Kier alpha value is -2.47. The molecule has 1 aromatic heterocycles. The Labute approximate surface area is 134 Å². The van der Waals surface area contributed by atoms with Crippen molar-refractivity contribution in [3.63, 3.8) is 0 Å². The van der Waals surface area contributed by atoms with Gasteiger partial charge in [-0.05, 0) is 49.2 Å². The van der Waals surface area contributed by atoms with Crippen molar-refractivity contribution in [1.82, 2.24) is 10.5 Å². The highest BCUT2D eigenvalue weighted by atomic mass is 19.1. The minimum Gasteiger partial charge on any atom is -0.438 e. The minimum atomic E-state index is -0.341. The van der Waals surface area contributed by atoms with Crippen LogP contribution in [0.4, 0.5) is 4.39 Å².